The van der Waals surface area contributed by atoms with Gasteiger partial charge in [-0.15, -0.1) is 11.3 Å². The molecule has 3 saturated heterocycles. The lowest BCUT2D eigenvalue weighted by atomic mass is 9.94. The average molecular weight is 377 g/mol. The van der Waals surface area contributed by atoms with Crippen LogP contribution in [-0.2, 0) is 0 Å². The first kappa shape index (κ1) is 16.9. The molecule has 0 radical (unpaired) electrons. The van der Waals surface area contributed by atoms with Crippen molar-refractivity contribution in [1.82, 2.24) is 10.2 Å². The topological polar surface area (TPSA) is 41.6 Å². The highest BCUT2D eigenvalue weighted by Gasteiger charge is 2.29. The Bertz CT molecular complexity index is 724. The van der Waals surface area contributed by atoms with E-state index in [2.05, 4.69) is 10.2 Å². The molecule has 1 aromatic carbocycles. The summed E-state index contributed by atoms with van der Waals surface area (Å²) in [6.07, 6.45) is 3.64. The van der Waals surface area contributed by atoms with Crippen molar-refractivity contribution in [3.63, 3.8) is 0 Å². The molecule has 6 heteroatoms. The molecule has 3 aliphatic rings. The lowest BCUT2D eigenvalue weighted by Gasteiger charge is -2.26. The zero-order valence-electron chi connectivity index (χ0n) is 13.9. The van der Waals surface area contributed by atoms with Gasteiger partial charge in [0, 0.05) is 29.6 Å². The summed E-state index contributed by atoms with van der Waals surface area (Å²) >= 11 is 7.34. The molecular weight excluding hydrogens is 356 g/mol. The summed E-state index contributed by atoms with van der Waals surface area (Å²) in [6.45, 7) is 3.33. The fourth-order valence-electron chi connectivity index (χ4n) is 3.71. The molecule has 2 bridgehead atoms. The number of hydrogen-bond acceptors (Lipinski definition) is 4. The maximum atomic E-state index is 12.5. The van der Waals surface area contributed by atoms with Gasteiger partial charge in [0.2, 0.25) is 0 Å². The highest BCUT2D eigenvalue weighted by Crippen LogP contribution is 2.31. The van der Waals surface area contributed by atoms with Crippen LogP contribution in [0.4, 0.5) is 0 Å². The Morgan fingerprint density at radius 2 is 2.00 bits per heavy atom. The van der Waals surface area contributed by atoms with Crippen LogP contribution in [0.1, 0.15) is 29.6 Å². The third-order valence-corrected chi connectivity index (χ3v) is 6.17. The van der Waals surface area contributed by atoms with Gasteiger partial charge in [0.1, 0.15) is 5.75 Å². The minimum absolute atomic E-state index is 0.00165. The summed E-state index contributed by atoms with van der Waals surface area (Å²) in [5.41, 5.74) is 0.670. The molecule has 0 saturated carbocycles. The van der Waals surface area contributed by atoms with Gasteiger partial charge < -0.3 is 15.0 Å². The first-order chi connectivity index (χ1) is 12.2. The number of amides is 1. The van der Waals surface area contributed by atoms with Crippen LogP contribution in [0, 0.1) is 5.92 Å². The second-order valence-electron chi connectivity index (χ2n) is 6.86. The van der Waals surface area contributed by atoms with Crippen LogP contribution in [0.2, 0.25) is 5.02 Å². The van der Waals surface area contributed by atoms with Crippen LogP contribution in [-0.4, -0.2) is 36.5 Å². The average Bonchev–Trinajstić information content (AvgIpc) is 2.81. The molecule has 0 aliphatic carbocycles. The van der Waals surface area contributed by atoms with Crippen molar-refractivity contribution in [1.29, 1.82) is 0 Å². The Labute approximate surface area is 156 Å². The largest absolute Gasteiger partial charge is 0.447 e. The maximum Gasteiger partial charge on any atom is 0.251 e. The van der Waals surface area contributed by atoms with Crippen molar-refractivity contribution in [3.05, 3.63) is 46.3 Å². The van der Waals surface area contributed by atoms with Crippen LogP contribution < -0.4 is 10.1 Å². The van der Waals surface area contributed by atoms with E-state index < -0.39 is 0 Å². The first-order valence-corrected chi connectivity index (χ1v) is 9.96. The maximum absolute atomic E-state index is 12.5. The minimum Gasteiger partial charge on any atom is -0.447 e. The lowest BCUT2D eigenvalue weighted by molar-refractivity contribution is 0.0929. The molecule has 1 atom stereocenters. The quantitative estimate of drug-likeness (QED) is 0.859. The molecule has 25 heavy (non-hydrogen) atoms. The molecule has 3 aliphatic heterocycles. The summed E-state index contributed by atoms with van der Waals surface area (Å²) in [5.74, 6) is 1.46. The number of fused-ring (bicyclic) bond motifs is 4. The molecule has 1 aromatic heterocycles. The van der Waals surface area contributed by atoms with Crippen LogP contribution in [0.25, 0.3) is 0 Å². The number of benzene rings is 1. The van der Waals surface area contributed by atoms with E-state index in [0.29, 0.717) is 16.3 Å². The number of piperidine rings is 1. The van der Waals surface area contributed by atoms with Gasteiger partial charge in [-0.3, -0.25) is 4.79 Å². The van der Waals surface area contributed by atoms with Crippen LogP contribution in [0.3, 0.4) is 0 Å². The highest BCUT2D eigenvalue weighted by molar-refractivity contribution is 7.12. The van der Waals surface area contributed by atoms with Gasteiger partial charge in [-0.1, -0.05) is 11.6 Å². The molecule has 1 amide bonds. The normalized spacial score (nSPS) is 25.4. The molecule has 4 heterocycles. The third-order valence-electron chi connectivity index (χ3n) is 5.02. The predicted molar refractivity (Wildman–Crippen MR) is 101 cm³/mol. The van der Waals surface area contributed by atoms with Crippen LogP contribution in [0.5, 0.6) is 10.8 Å². The van der Waals surface area contributed by atoms with Crippen molar-refractivity contribution in [2.45, 2.75) is 25.3 Å². The van der Waals surface area contributed by atoms with Crippen LogP contribution >= 0.6 is 22.9 Å². The van der Waals surface area contributed by atoms with Crippen molar-refractivity contribution < 1.29 is 9.53 Å². The minimum atomic E-state index is -0.00165. The number of carbonyl (C=O) groups excluding carboxylic acids is 1. The molecule has 132 valence electrons. The number of halogens is 1. The molecule has 1 unspecified atom stereocenters. The monoisotopic (exact) mass is 376 g/mol. The van der Waals surface area contributed by atoms with E-state index in [1.165, 1.54) is 37.3 Å². The lowest BCUT2D eigenvalue weighted by Crippen LogP contribution is -2.41. The number of hydrogen-bond donors (Lipinski definition) is 1. The number of nitrogens with zero attached hydrogens (tertiary/aromatic N) is 1. The van der Waals surface area contributed by atoms with E-state index >= 15 is 0 Å². The Hall–Kier alpha value is -1.56. The van der Waals surface area contributed by atoms with E-state index in [1.807, 2.05) is 29.6 Å². The van der Waals surface area contributed by atoms with Gasteiger partial charge in [0.15, 0.2) is 5.06 Å². The molecule has 5 rings (SSSR count). The van der Waals surface area contributed by atoms with Gasteiger partial charge in [-0.2, -0.15) is 0 Å². The molecular formula is C19H21ClN2O2S. The van der Waals surface area contributed by atoms with Crippen molar-refractivity contribution >= 4 is 28.8 Å². The number of nitrogens with one attached hydrogen (secondary N) is 1. The van der Waals surface area contributed by atoms with Gasteiger partial charge >= 0.3 is 0 Å². The highest BCUT2D eigenvalue weighted by atomic mass is 35.5. The van der Waals surface area contributed by atoms with Crippen LogP contribution in [0.15, 0.2) is 35.7 Å². The number of carbonyl (C=O) groups is 1. The zero-order valence-corrected chi connectivity index (χ0v) is 15.5. The van der Waals surface area contributed by atoms with Crippen molar-refractivity contribution in [3.8, 4) is 10.8 Å². The molecule has 3 fully saturated rings. The number of rotatable bonds is 4. The second-order valence-corrected chi connectivity index (χ2v) is 8.17. The van der Waals surface area contributed by atoms with Gasteiger partial charge in [0.25, 0.3) is 5.91 Å². The Morgan fingerprint density at radius 3 is 2.68 bits per heavy atom. The zero-order chi connectivity index (χ0) is 17.2. The molecule has 2 aromatic rings. The Kier molecular flexibility index (Phi) is 4.97. The Balaban J connectivity index is 1.37. The SMILES string of the molecule is O=C(NC1CC2CCN(CC2)C1)c1ccc(Oc2cc(Cl)cs2)cc1. The second kappa shape index (κ2) is 7.36. The number of ether oxygens (including phenoxy) is 1. The summed E-state index contributed by atoms with van der Waals surface area (Å²) in [4.78, 5) is 15.0. The summed E-state index contributed by atoms with van der Waals surface area (Å²) < 4.78 is 5.73. The fraction of sp³-hybridized carbons (Fsp3) is 0.421. The van der Waals surface area contributed by atoms with Crippen molar-refractivity contribution in [2.75, 3.05) is 19.6 Å². The first-order valence-electron chi connectivity index (χ1n) is 8.71. The predicted octanol–water partition coefficient (Wildman–Crippen LogP) is 4.41. The summed E-state index contributed by atoms with van der Waals surface area (Å²) in [5, 5.41) is 6.45. The fourth-order valence-corrected chi connectivity index (χ4v) is 4.64. The third kappa shape index (κ3) is 4.17. The van der Waals surface area contributed by atoms with E-state index in [1.54, 1.807) is 6.07 Å². The van der Waals surface area contributed by atoms with E-state index in [0.717, 1.165) is 23.9 Å². The van der Waals surface area contributed by atoms with E-state index in [9.17, 15) is 4.79 Å². The van der Waals surface area contributed by atoms with Gasteiger partial charge in [-0.25, -0.2) is 0 Å². The van der Waals surface area contributed by atoms with E-state index in [-0.39, 0.29) is 11.9 Å². The van der Waals surface area contributed by atoms with E-state index in [4.69, 9.17) is 16.3 Å². The molecule has 1 N–H and O–H groups in total. The van der Waals surface area contributed by atoms with Gasteiger partial charge in [-0.05, 0) is 62.5 Å². The Morgan fingerprint density at radius 1 is 1.24 bits per heavy atom. The number of thiophene rings is 1. The molecule has 4 nitrogen and oxygen atoms in total. The standard InChI is InChI=1S/C19H21ClN2O2S/c20-15-10-18(25-12-15)24-17-3-1-14(2-4-17)19(23)21-16-9-13-5-7-22(11-16)8-6-13/h1-4,10,12-13,16H,5-9,11H2,(H,21,23). The van der Waals surface area contributed by atoms with Gasteiger partial charge in [0.05, 0.1) is 5.02 Å². The summed E-state index contributed by atoms with van der Waals surface area (Å²) in [7, 11) is 0. The summed E-state index contributed by atoms with van der Waals surface area (Å²) in [6, 6.07) is 9.30. The van der Waals surface area contributed by atoms with Crippen molar-refractivity contribution in [2.24, 2.45) is 5.92 Å². The molecule has 0 spiro atoms. The smallest absolute Gasteiger partial charge is 0.251 e.